The van der Waals surface area contributed by atoms with Crippen LogP contribution in [-0.2, 0) is 10.1 Å². The molecule has 0 aliphatic rings. The molecule has 4 heteroatoms. The van der Waals surface area contributed by atoms with Crippen molar-refractivity contribution in [2.24, 2.45) is 0 Å². The summed E-state index contributed by atoms with van der Waals surface area (Å²) < 4.78 is 0. The van der Waals surface area contributed by atoms with Crippen molar-refractivity contribution in [2.75, 3.05) is 5.32 Å². The summed E-state index contributed by atoms with van der Waals surface area (Å²) in [5.74, 6) is -0.0978. The molecular formula is C11H12BrNO2. The van der Waals surface area contributed by atoms with Crippen LogP contribution in [0.2, 0.25) is 0 Å². The summed E-state index contributed by atoms with van der Waals surface area (Å²) in [7, 11) is 0. The molecule has 0 atom stereocenters. The molecule has 0 spiro atoms. The van der Waals surface area contributed by atoms with Gasteiger partial charge in [0.05, 0.1) is 0 Å². The predicted octanol–water partition coefficient (Wildman–Crippen LogP) is 2.74. The van der Waals surface area contributed by atoms with E-state index in [0.717, 1.165) is 11.3 Å². The third-order valence-corrected chi connectivity index (χ3v) is 2.57. The number of anilines is 1. The number of ketones is 1. The molecule has 0 aromatic heterocycles. The molecule has 1 rings (SSSR count). The minimum atomic E-state index is -0.118. The summed E-state index contributed by atoms with van der Waals surface area (Å²) in [5, 5.41) is 3.31. The highest BCUT2D eigenvalue weighted by atomic mass is 79.9. The maximum absolute atomic E-state index is 11.1. The molecule has 1 aromatic rings. The Hall–Kier alpha value is -1.16. The topological polar surface area (TPSA) is 46.2 Å². The van der Waals surface area contributed by atoms with Crippen LogP contribution in [0.25, 0.3) is 0 Å². The number of amides is 1. The Morgan fingerprint density at radius 1 is 1.33 bits per heavy atom. The number of rotatable bonds is 3. The Morgan fingerprint density at radius 3 is 2.47 bits per heavy atom. The van der Waals surface area contributed by atoms with E-state index in [2.05, 4.69) is 21.2 Å². The van der Waals surface area contributed by atoms with Gasteiger partial charge in [-0.3, -0.25) is 9.59 Å². The molecule has 1 amide bonds. The van der Waals surface area contributed by atoms with Crippen LogP contribution < -0.4 is 5.32 Å². The Labute approximate surface area is 97.0 Å². The van der Waals surface area contributed by atoms with Crippen LogP contribution in [0, 0.1) is 0 Å². The van der Waals surface area contributed by atoms with Gasteiger partial charge in [-0.2, -0.15) is 0 Å². The molecule has 1 aromatic carbocycles. The Morgan fingerprint density at radius 2 is 2.00 bits per heavy atom. The zero-order valence-electron chi connectivity index (χ0n) is 8.63. The molecule has 0 fully saturated rings. The van der Waals surface area contributed by atoms with E-state index in [0.29, 0.717) is 10.9 Å². The smallest absolute Gasteiger partial charge is 0.221 e. The first-order valence-electron chi connectivity index (χ1n) is 4.52. The van der Waals surface area contributed by atoms with Crippen molar-refractivity contribution >= 4 is 33.3 Å². The van der Waals surface area contributed by atoms with Gasteiger partial charge >= 0.3 is 0 Å². The highest BCUT2D eigenvalue weighted by Gasteiger charge is 2.06. The fraction of sp³-hybridized carbons (Fsp3) is 0.273. The van der Waals surface area contributed by atoms with E-state index in [9.17, 15) is 9.59 Å². The average Bonchev–Trinajstić information content (AvgIpc) is 2.17. The third-order valence-electron chi connectivity index (χ3n) is 1.97. The maximum Gasteiger partial charge on any atom is 0.221 e. The molecule has 1 N–H and O–H groups in total. The first-order valence-corrected chi connectivity index (χ1v) is 5.64. The van der Waals surface area contributed by atoms with E-state index in [-0.39, 0.29) is 11.7 Å². The molecule has 0 saturated heterocycles. The summed E-state index contributed by atoms with van der Waals surface area (Å²) >= 11 is 3.32. The molecule has 15 heavy (non-hydrogen) atoms. The van der Waals surface area contributed by atoms with Crippen molar-refractivity contribution in [1.82, 2.24) is 0 Å². The molecule has 0 aliphatic carbocycles. The molecule has 0 unspecified atom stereocenters. The number of carbonyl (C=O) groups is 2. The summed E-state index contributed by atoms with van der Waals surface area (Å²) in [6.45, 7) is 2.97. The number of nitrogens with one attached hydrogen (secondary N) is 1. The Kier molecular flexibility index (Phi) is 4.03. The van der Waals surface area contributed by atoms with Crippen molar-refractivity contribution < 1.29 is 9.59 Å². The lowest BCUT2D eigenvalue weighted by atomic mass is 10.1. The van der Waals surface area contributed by atoms with Crippen LogP contribution in [0.1, 0.15) is 29.8 Å². The van der Waals surface area contributed by atoms with Crippen LogP contribution >= 0.6 is 15.9 Å². The second-order valence-corrected chi connectivity index (χ2v) is 3.80. The van der Waals surface area contributed by atoms with Gasteiger partial charge in [-0.1, -0.05) is 15.9 Å². The molecular weight excluding hydrogens is 258 g/mol. The quantitative estimate of drug-likeness (QED) is 0.678. The lowest BCUT2D eigenvalue weighted by Crippen LogP contribution is -2.08. The van der Waals surface area contributed by atoms with Gasteiger partial charge in [0.1, 0.15) is 0 Å². The maximum atomic E-state index is 11.1. The SMILES string of the molecule is CC(=O)Nc1ccc(C(C)=O)cc1CBr. The molecule has 0 aliphatic heterocycles. The van der Waals surface area contributed by atoms with Crippen LogP contribution in [0.4, 0.5) is 5.69 Å². The molecule has 0 saturated carbocycles. The normalized spacial score (nSPS) is 9.80. The van der Waals surface area contributed by atoms with Gasteiger partial charge in [-0.25, -0.2) is 0 Å². The molecule has 0 bridgehead atoms. The fourth-order valence-corrected chi connectivity index (χ4v) is 1.70. The second-order valence-electron chi connectivity index (χ2n) is 3.24. The van der Waals surface area contributed by atoms with Gasteiger partial charge in [0, 0.05) is 23.5 Å². The zero-order valence-corrected chi connectivity index (χ0v) is 10.2. The number of hydrogen-bond donors (Lipinski definition) is 1. The van der Waals surface area contributed by atoms with Crippen molar-refractivity contribution in [3.05, 3.63) is 29.3 Å². The molecule has 0 radical (unpaired) electrons. The Balaban J connectivity index is 3.08. The monoisotopic (exact) mass is 269 g/mol. The summed E-state index contributed by atoms with van der Waals surface area (Å²) in [4.78, 5) is 22.1. The van der Waals surface area contributed by atoms with E-state index in [1.807, 2.05) is 0 Å². The molecule has 0 heterocycles. The van der Waals surface area contributed by atoms with E-state index >= 15 is 0 Å². The first-order chi connectivity index (χ1) is 7.04. The largest absolute Gasteiger partial charge is 0.326 e. The summed E-state index contributed by atoms with van der Waals surface area (Å²) in [5.41, 5.74) is 2.29. The van der Waals surface area contributed by atoms with Crippen LogP contribution in [0.15, 0.2) is 18.2 Å². The average molecular weight is 270 g/mol. The number of halogens is 1. The van der Waals surface area contributed by atoms with E-state index in [1.54, 1.807) is 18.2 Å². The Bertz CT molecular complexity index is 402. The number of Topliss-reactive ketones (excluding diaryl/α,β-unsaturated/α-hetero) is 1. The van der Waals surface area contributed by atoms with Gasteiger partial charge in [-0.05, 0) is 30.7 Å². The van der Waals surface area contributed by atoms with Crippen molar-refractivity contribution in [1.29, 1.82) is 0 Å². The third kappa shape index (κ3) is 3.16. The number of benzene rings is 1. The van der Waals surface area contributed by atoms with Crippen molar-refractivity contribution in [2.45, 2.75) is 19.2 Å². The van der Waals surface area contributed by atoms with Crippen molar-refractivity contribution in [3.63, 3.8) is 0 Å². The lowest BCUT2D eigenvalue weighted by Gasteiger charge is -2.08. The van der Waals surface area contributed by atoms with Gasteiger partial charge in [0.2, 0.25) is 5.91 Å². The highest BCUT2D eigenvalue weighted by Crippen LogP contribution is 2.20. The minimum Gasteiger partial charge on any atom is -0.326 e. The van der Waals surface area contributed by atoms with E-state index in [1.165, 1.54) is 13.8 Å². The molecule has 80 valence electrons. The minimum absolute atomic E-state index is 0.0200. The molecule has 3 nitrogen and oxygen atoms in total. The summed E-state index contributed by atoms with van der Waals surface area (Å²) in [6, 6.07) is 5.23. The van der Waals surface area contributed by atoms with Gasteiger partial charge in [0.25, 0.3) is 0 Å². The standard InChI is InChI=1S/C11H12BrNO2/c1-7(14)9-3-4-11(13-8(2)15)10(5-9)6-12/h3-5H,6H2,1-2H3,(H,13,15). The fourth-order valence-electron chi connectivity index (χ4n) is 1.23. The van der Waals surface area contributed by atoms with Gasteiger partial charge in [-0.15, -0.1) is 0 Å². The lowest BCUT2D eigenvalue weighted by molar-refractivity contribution is -0.114. The van der Waals surface area contributed by atoms with Crippen LogP contribution in [0.5, 0.6) is 0 Å². The number of hydrogen-bond acceptors (Lipinski definition) is 2. The predicted molar refractivity (Wildman–Crippen MR) is 63.4 cm³/mol. The van der Waals surface area contributed by atoms with Gasteiger partial charge in [0.15, 0.2) is 5.78 Å². The number of carbonyl (C=O) groups excluding carboxylic acids is 2. The summed E-state index contributed by atoms with van der Waals surface area (Å²) in [6.07, 6.45) is 0. The number of alkyl halides is 1. The van der Waals surface area contributed by atoms with E-state index < -0.39 is 0 Å². The highest BCUT2D eigenvalue weighted by molar-refractivity contribution is 9.08. The van der Waals surface area contributed by atoms with Crippen LogP contribution in [0.3, 0.4) is 0 Å². The van der Waals surface area contributed by atoms with Crippen molar-refractivity contribution in [3.8, 4) is 0 Å². The first kappa shape index (κ1) is 11.9. The van der Waals surface area contributed by atoms with Crippen LogP contribution in [-0.4, -0.2) is 11.7 Å². The second kappa shape index (κ2) is 5.07. The van der Waals surface area contributed by atoms with Gasteiger partial charge < -0.3 is 5.32 Å². The zero-order chi connectivity index (χ0) is 11.4. The van der Waals surface area contributed by atoms with E-state index in [4.69, 9.17) is 0 Å².